The predicted molar refractivity (Wildman–Crippen MR) is 154 cm³/mol. The molecule has 216 valence electrons. The van der Waals surface area contributed by atoms with Gasteiger partial charge in [-0.2, -0.15) is 4.68 Å². The molecule has 1 atom stereocenters. The fourth-order valence-electron chi connectivity index (χ4n) is 3.78. The van der Waals surface area contributed by atoms with Crippen molar-refractivity contribution in [3.05, 3.63) is 89.7 Å². The van der Waals surface area contributed by atoms with Crippen LogP contribution in [0.2, 0.25) is 5.02 Å². The predicted octanol–water partition coefficient (Wildman–Crippen LogP) is 3.12. The summed E-state index contributed by atoms with van der Waals surface area (Å²) >= 11 is 6.09. The molecule has 0 unspecified atom stereocenters. The molecule has 14 heteroatoms. The van der Waals surface area contributed by atoms with E-state index >= 15 is 0 Å². The van der Waals surface area contributed by atoms with Gasteiger partial charge >= 0.3 is 17.9 Å². The summed E-state index contributed by atoms with van der Waals surface area (Å²) in [6, 6.07) is 18.5. The van der Waals surface area contributed by atoms with E-state index in [9.17, 15) is 19.2 Å². The molecule has 42 heavy (non-hydrogen) atoms. The van der Waals surface area contributed by atoms with E-state index in [1.807, 2.05) is 0 Å². The van der Waals surface area contributed by atoms with Crippen molar-refractivity contribution in [2.75, 3.05) is 10.6 Å². The maximum Gasteiger partial charge on any atom is 0.417 e. The third kappa shape index (κ3) is 8.35. The van der Waals surface area contributed by atoms with Crippen LogP contribution in [-0.2, 0) is 20.8 Å². The van der Waals surface area contributed by atoms with Crippen LogP contribution in [0.5, 0.6) is 5.75 Å². The average Bonchev–Trinajstić information content (AvgIpc) is 3.48. The zero-order chi connectivity index (χ0) is 30.1. The molecular formula is C28H27ClN8O5. The lowest BCUT2D eigenvalue weighted by Gasteiger charge is -2.20. The van der Waals surface area contributed by atoms with Crippen LogP contribution < -0.4 is 26.0 Å². The number of halogens is 1. The number of nitrogens with one attached hydrogen (secondary N) is 4. The Bertz CT molecular complexity index is 1550. The van der Waals surface area contributed by atoms with Crippen molar-refractivity contribution < 1.29 is 23.9 Å². The maximum atomic E-state index is 12.9. The third-order valence-corrected chi connectivity index (χ3v) is 5.89. The van der Waals surface area contributed by atoms with Crippen LogP contribution in [0.15, 0.2) is 79.1 Å². The zero-order valence-corrected chi connectivity index (χ0v) is 23.3. The summed E-state index contributed by atoms with van der Waals surface area (Å²) in [6.07, 6.45) is 0.724. The number of tetrazole rings is 1. The summed E-state index contributed by atoms with van der Waals surface area (Å²) in [5, 5.41) is 21.6. The molecular weight excluding hydrogens is 564 g/mol. The van der Waals surface area contributed by atoms with Crippen molar-refractivity contribution >= 4 is 46.8 Å². The molecule has 0 radical (unpaired) electrons. The van der Waals surface area contributed by atoms with Crippen molar-refractivity contribution in [2.45, 2.75) is 32.4 Å². The number of carbonyl (C=O) groups excluding carboxylic acids is 4. The fraction of sp³-hybridized carbons (Fsp3) is 0.179. The monoisotopic (exact) mass is 590 g/mol. The van der Waals surface area contributed by atoms with Gasteiger partial charge in [0.15, 0.2) is 0 Å². The number of anilines is 2. The minimum Gasteiger partial charge on any atom is -0.410 e. The lowest BCUT2D eigenvalue weighted by molar-refractivity contribution is -0.138. The van der Waals surface area contributed by atoms with E-state index in [2.05, 4.69) is 36.8 Å². The van der Waals surface area contributed by atoms with Crippen LogP contribution in [0.3, 0.4) is 0 Å². The second-order valence-corrected chi connectivity index (χ2v) is 9.72. The standard InChI is InChI=1S/C28H27ClN8O5/c1-17(2)31-25(38)23(14-18-8-11-20(12-9-18)32-28(41)42-21-6-4-3-5-7-21)34-27(40)26(39)33-22-15-19(29)10-13-24(22)37-16-30-35-36-37/h3-13,15-17,23H,14H2,1-2H3,(H,31,38)(H,32,41)(H,33,39)(H,34,40)/t23-/m0/s1. The Morgan fingerprint density at radius 1 is 0.905 bits per heavy atom. The molecule has 4 aromatic rings. The molecule has 4 amide bonds. The molecule has 0 aliphatic heterocycles. The average molecular weight is 591 g/mol. The smallest absolute Gasteiger partial charge is 0.410 e. The quantitative estimate of drug-likeness (QED) is 0.215. The lowest BCUT2D eigenvalue weighted by atomic mass is 10.0. The van der Waals surface area contributed by atoms with Crippen LogP contribution >= 0.6 is 11.6 Å². The molecule has 1 heterocycles. The summed E-state index contributed by atoms with van der Waals surface area (Å²) in [5.41, 5.74) is 1.69. The molecule has 4 rings (SSSR count). The van der Waals surface area contributed by atoms with E-state index < -0.39 is 29.9 Å². The Balaban J connectivity index is 1.42. The molecule has 13 nitrogen and oxygen atoms in total. The number of ether oxygens (including phenoxy) is 1. The van der Waals surface area contributed by atoms with Gasteiger partial charge in [0.05, 0.1) is 11.4 Å². The van der Waals surface area contributed by atoms with Crippen LogP contribution in [0.25, 0.3) is 5.69 Å². The normalized spacial score (nSPS) is 11.3. The van der Waals surface area contributed by atoms with Crippen LogP contribution in [0, 0.1) is 0 Å². The van der Waals surface area contributed by atoms with Crippen molar-refractivity contribution in [2.24, 2.45) is 0 Å². The van der Waals surface area contributed by atoms with Gasteiger partial charge in [0, 0.05) is 23.2 Å². The van der Waals surface area contributed by atoms with Crippen LogP contribution in [-0.4, -0.2) is 56.1 Å². The lowest BCUT2D eigenvalue weighted by Crippen LogP contribution is -2.52. The number of nitrogens with zero attached hydrogens (tertiary/aromatic N) is 4. The van der Waals surface area contributed by atoms with E-state index in [1.165, 1.54) is 17.1 Å². The molecule has 0 saturated carbocycles. The third-order valence-electron chi connectivity index (χ3n) is 5.66. The van der Waals surface area contributed by atoms with Crippen LogP contribution in [0.1, 0.15) is 19.4 Å². The van der Waals surface area contributed by atoms with Gasteiger partial charge in [-0.05, 0) is 72.3 Å². The molecule has 0 aliphatic carbocycles. The summed E-state index contributed by atoms with van der Waals surface area (Å²) in [6.45, 7) is 3.55. The first-order chi connectivity index (χ1) is 20.2. The summed E-state index contributed by atoms with van der Waals surface area (Å²) < 4.78 is 6.51. The van der Waals surface area contributed by atoms with Gasteiger partial charge in [-0.1, -0.05) is 41.9 Å². The number of para-hydroxylation sites is 1. The molecule has 0 aliphatic rings. The van der Waals surface area contributed by atoms with Crippen molar-refractivity contribution in [3.63, 3.8) is 0 Å². The SMILES string of the molecule is CC(C)NC(=O)[C@H](Cc1ccc(NC(=O)Oc2ccccc2)cc1)NC(=O)C(=O)Nc1cc(Cl)ccc1-n1cnnn1. The first kappa shape index (κ1) is 29.7. The second kappa shape index (κ2) is 13.9. The van der Waals surface area contributed by atoms with Gasteiger partial charge < -0.3 is 20.7 Å². The van der Waals surface area contributed by atoms with Crippen molar-refractivity contribution in [3.8, 4) is 11.4 Å². The minimum atomic E-state index is -1.08. The van der Waals surface area contributed by atoms with Crippen molar-refractivity contribution in [1.82, 2.24) is 30.8 Å². The minimum absolute atomic E-state index is 0.0688. The van der Waals surface area contributed by atoms with E-state index in [0.717, 1.165) is 0 Å². The number of hydrogen-bond acceptors (Lipinski definition) is 8. The summed E-state index contributed by atoms with van der Waals surface area (Å²) in [4.78, 5) is 50.9. The first-order valence-electron chi connectivity index (χ1n) is 12.8. The second-order valence-electron chi connectivity index (χ2n) is 9.29. The van der Waals surface area contributed by atoms with Gasteiger partial charge in [0.1, 0.15) is 18.1 Å². The first-order valence-corrected chi connectivity index (χ1v) is 13.1. The Morgan fingerprint density at radius 3 is 2.31 bits per heavy atom. The van der Waals surface area contributed by atoms with Gasteiger partial charge in [0.25, 0.3) is 0 Å². The molecule has 0 fully saturated rings. The molecule has 0 bridgehead atoms. The molecule has 4 N–H and O–H groups in total. The summed E-state index contributed by atoms with van der Waals surface area (Å²) in [7, 11) is 0. The van der Waals surface area contributed by atoms with Gasteiger partial charge in [-0.15, -0.1) is 5.10 Å². The Labute approximate surface area is 245 Å². The Kier molecular flexibility index (Phi) is 9.79. The Hall–Kier alpha value is -5.30. The molecule has 0 spiro atoms. The molecule has 3 aromatic carbocycles. The highest BCUT2D eigenvalue weighted by atomic mass is 35.5. The van der Waals surface area contributed by atoms with Gasteiger partial charge in [-0.3, -0.25) is 19.7 Å². The Morgan fingerprint density at radius 2 is 1.64 bits per heavy atom. The largest absolute Gasteiger partial charge is 0.417 e. The van der Waals surface area contributed by atoms with Crippen LogP contribution in [0.4, 0.5) is 16.2 Å². The van der Waals surface area contributed by atoms with Crippen molar-refractivity contribution in [1.29, 1.82) is 0 Å². The summed E-state index contributed by atoms with van der Waals surface area (Å²) in [5.74, 6) is -2.14. The topological polar surface area (TPSA) is 169 Å². The molecule has 0 saturated heterocycles. The number of carbonyl (C=O) groups is 4. The fourth-order valence-corrected chi connectivity index (χ4v) is 3.95. The number of hydrogen-bond donors (Lipinski definition) is 4. The zero-order valence-electron chi connectivity index (χ0n) is 22.6. The van der Waals surface area contributed by atoms with Gasteiger partial charge in [-0.25, -0.2) is 4.79 Å². The highest BCUT2D eigenvalue weighted by molar-refractivity contribution is 6.40. The number of benzene rings is 3. The number of aromatic nitrogens is 4. The number of amides is 4. The highest BCUT2D eigenvalue weighted by Gasteiger charge is 2.26. The van der Waals surface area contributed by atoms with Gasteiger partial charge in [0.2, 0.25) is 5.91 Å². The maximum absolute atomic E-state index is 12.9. The number of rotatable bonds is 9. The van der Waals surface area contributed by atoms with E-state index in [1.54, 1.807) is 80.6 Å². The highest BCUT2D eigenvalue weighted by Crippen LogP contribution is 2.24. The van der Waals surface area contributed by atoms with E-state index in [-0.39, 0.29) is 18.2 Å². The van der Waals surface area contributed by atoms with E-state index in [0.29, 0.717) is 27.7 Å². The molecule has 1 aromatic heterocycles. The van der Waals surface area contributed by atoms with E-state index in [4.69, 9.17) is 16.3 Å².